The molecule has 0 aliphatic carbocycles. The number of rotatable bonds is 8. The van der Waals surface area contributed by atoms with Gasteiger partial charge in [-0.1, -0.05) is 17.7 Å². The number of carbonyl (C=O) groups excluding carboxylic acids is 1. The van der Waals surface area contributed by atoms with Crippen LogP contribution in [0.25, 0.3) is 0 Å². The molecule has 172 valence electrons. The van der Waals surface area contributed by atoms with Crippen LogP contribution in [-0.2, 0) is 4.79 Å². The number of aliphatic imine (C=N–C) groups is 1. The third-order valence-electron chi connectivity index (χ3n) is 5.29. The maximum atomic E-state index is 13.0. The summed E-state index contributed by atoms with van der Waals surface area (Å²) in [6.07, 6.45) is 8.52. The Bertz CT molecular complexity index is 1080. The lowest BCUT2D eigenvalue weighted by molar-refractivity contribution is -0.122. The molecule has 1 atom stereocenters. The highest BCUT2D eigenvalue weighted by Crippen LogP contribution is 2.23. The highest BCUT2D eigenvalue weighted by atomic mass is 19.1. The molecule has 1 heterocycles. The number of nitrogens with zero attached hydrogens (tertiary/aromatic N) is 2. The Morgan fingerprint density at radius 1 is 1.09 bits per heavy atom. The highest BCUT2D eigenvalue weighted by molar-refractivity contribution is 6.10. The Morgan fingerprint density at radius 3 is 2.36 bits per heavy atom. The third kappa shape index (κ3) is 7.17. The summed E-state index contributed by atoms with van der Waals surface area (Å²) in [5, 5.41) is 2.98. The lowest BCUT2D eigenvalue weighted by Gasteiger charge is -2.17. The Hall–Kier alpha value is -3.67. The number of hydrogen-bond acceptors (Lipinski definition) is 4. The fraction of sp³-hybridized carbons (Fsp3) is 0.259. The first kappa shape index (κ1) is 24.0. The number of hydrogen-bond donors (Lipinski definition) is 1. The van der Waals surface area contributed by atoms with Crippen LogP contribution in [0.5, 0.6) is 11.5 Å². The zero-order valence-corrected chi connectivity index (χ0v) is 19.5. The van der Waals surface area contributed by atoms with Crippen LogP contribution in [0.2, 0.25) is 0 Å². The maximum Gasteiger partial charge on any atom is 0.245 e. The molecular weight excluding hydrogens is 417 g/mol. The van der Waals surface area contributed by atoms with Crippen LogP contribution in [0.4, 0.5) is 4.39 Å². The molecule has 5 nitrogen and oxygen atoms in total. The molecule has 6 heteroatoms. The minimum absolute atomic E-state index is 0.0887. The first-order valence-electron chi connectivity index (χ1n) is 10.9. The quantitative estimate of drug-likeness (QED) is 0.562. The van der Waals surface area contributed by atoms with Crippen LogP contribution in [0.3, 0.4) is 0 Å². The van der Waals surface area contributed by atoms with Crippen molar-refractivity contribution < 1.29 is 13.9 Å². The summed E-state index contributed by atoms with van der Waals surface area (Å²) in [6.45, 7) is 4.51. The van der Waals surface area contributed by atoms with Gasteiger partial charge in [0.2, 0.25) is 5.91 Å². The maximum absolute atomic E-state index is 13.0. The predicted octanol–water partition coefficient (Wildman–Crippen LogP) is 5.26. The molecule has 0 fully saturated rings. The van der Waals surface area contributed by atoms with Crippen LogP contribution in [0.1, 0.15) is 25.8 Å². The van der Waals surface area contributed by atoms with Crippen molar-refractivity contribution in [1.29, 1.82) is 0 Å². The van der Waals surface area contributed by atoms with E-state index in [1.807, 2.05) is 81.4 Å². The number of benzene rings is 2. The molecule has 1 aliphatic heterocycles. The summed E-state index contributed by atoms with van der Waals surface area (Å²) in [5.74, 6) is 0.809. The lowest BCUT2D eigenvalue weighted by Crippen LogP contribution is -2.35. The summed E-state index contributed by atoms with van der Waals surface area (Å²) in [4.78, 5) is 19.3. The SMILES string of the molecule is CC(=CC=C(C)N(C)C)CNC(=O)C1CC=CC(c2ccc(Oc3ccc(F)cc3)cc2)=N1. The van der Waals surface area contributed by atoms with Crippen molar-refractivity contribution in [2.75, 3.05) is 20.6 Å². The van der Waals surface area contributed by atoms with E-state index in [1.54, 1.807) is 12.1 Å². The van der Waals surface area contributed by atoms with Crippen LogP contribution >= 0.6 is 0 Å². The van der Waals surface area contributed by atoms with Gasteiger partial charge >= 0.3 is 0 Å². The van der Waals surface area contributed by atoms with E-state index in [0.717, 1.165) is 22.5 Å². The number of halogens is 1. The summed E-state index contributed by atoms with van der Waals surface area (Å²) in [5.41, 5.74) is 3.86. The van der Waals surface area contributed by atoms with Crippen LogP contribution in [-0.4, -0.2) is 43.2 Å². The number of amides is 1. The van der Waals surface area contributed by atoms with Gasteiger partial charge in [0, 0.05) is 26.3 Å². The molecule has 1 unspecified atom stereocenters. The standard InChI is InChI=1S/C27H30FN3O2/c1-19(8-9-20(2)31(3)4)18-29-27(32)26-7-5-6-25(30-26)21-10-14-23(15-11-21)33-24-16-12-22(28)13-17-24/h5-6,8-17,26H,7,18H2,1-4H3,(H,29,32). The molecule has 2 aromatic rings. The van der Waals surface area contributed by atoms with Crippen molar-refractivity contribution in [3.05, 3.63) is 95.5 Å². The Labute approximate surface area is 195 Å². The Morgan fingerprint density at radius 2 is 1.73 bits per heavy atom. The Balaban J connectivity index is 1.60. The topological polar surface area (TPSA) is 53.9 Å². The second kappa shape index (κ2) is 11.3. The van der Waals surface area contributed by atoms with E-state index < -0.39 is 6.04 Å². The van der Waals surface area contributed by atoms with Gasteiger partial charge in [-0.15, -0.1) is 0 Å². The van der Waals surface area contributed by atoms with Gasteiger partial charge in [-0.25, -0.2) is 4.39 Å². The van der Waals surface area contributed by atoms with Crippen molar-refractivity contribution in [2.45, 2.75) is 26.3 Å². The van der Waals surface area contributed by atoms with E-state index in [4.69, 9.17) is 4.74 Å². The average Bonchev–Trinajstić information content (AvgIpc) is 2.83. The van der Waals surface area contributed by atoms with E-state index in [0.29, 0.717) is 24.5 Å². The van der Waals surface area contributed by atoms with Crippen molar-refractivity contribution in [1.82, 2.24) is 10.2 Å². The lowest BCUT2D eigenvalue weighted by atomic mass is 10.0. The van der Waals surface area contributed by atoms with Crippen molar-refractivity contribution in [3.63, 3.8) is 0 Å². The second-order valence-electron chi connectivity index (χ2n) is 8.18. The molecule has 3 rings (SSSR count). The summed E-state index contributed by atoms with van der Waals surface area (Å²) in [6, 6.07) is 12.9. The number of allylic oxidation sites excluding steroid dienone is 4. The van der Waals surface area contributed by atoms with Gasteiger partial charge in [0.1, 0.15) is 23.4 Å². The average molecular weight is 448 g/mol. The Kier molecular flexibility index (Phi) is 8.19. The molecule has 0 radical (unpaired) electrons. The normalized spacial score (nSPS) is 16.3. The predicted molar refractivity (Wildman–Crippen MR) is 131 cm³/mol. The largest absolute Gasteiger partial charge is 0.457 e. The zero-order valence-electron chi connectivity index (χ0n) is 19.5. The zero-order chi connectivity index (χ0) is 23.8. The fourth-order valence-electron chi connectivity index (χ4n) is 3.06. The van der Waals surface area contributed by atoms with Crippen LogP contribution in [0.15, 0.2) is 89.1 Å². The molecule has 0 spiro atoms. The third-order valence-corrected chi connectivity index (χ3v) is 5.29. The van der Waals surface area contributed by atoms with E-state index in [2.05, 4.69) is 10.3 Å². The molecule has 1 aliphatic rings. The molecule has 0 aromatic heterocycles. The monoisotopic (exact) mass is 447 g/mol. The van der Waals surface area contributed by atoms with Crippen LogP contribution in [0, 0.1) is 5.82 Å². The molecular formula is C27H30FN3O2. The minimum atomic E-state index is -0.452. The van der Waals surface area contributed by atoms with Crippen LogP contribution < -0.4 is 10.1 Å². The summed E-state index contributed by atoms with van der Waals surface area (Å²) >= 11 is 0. The number of ether oxygens (including phenoxy) is 1. The van der Waals surface area contributed by atoms with Gasteiger partial charge < -0.3 is 15.0 Å². The highest BCUT2D eigenvalue weighted by Gasteiger charge is 2.19. The number of dihydropyridines is 1. The molecule has 1 amide bonds. The summed E-state index contributed by atoms with van der Waals surface area (Å²) in [7, 11) is 3.99. The summed E-state index contributed by atoms with van der Waals surface area (Å²) < 4.78 is 18.8. The smallest absolute Gasteiger partial charge is 0.245 e. The molecule has 1 N–H and O–H groups in total. The fourth-order valence-corrected chi connectivity index (χ4v) is 3.06. The molecule has 0 saturated heterocycles. The molecule has 2 aromatic carbocycles. The van der Waals surface area contributed by atoms with Gasteiger partial charge in [0.25, 0.3) is 0 Å². The second-order valence-corrected chi connectivity index (χ2v) is 8.18. The van der Waals surface area contributed by atoms with Gasteiger partial charge in [0.05, 0.1) is 5.71 Å². The van der Waals surface area contributed by atoms with Gasteiger partial charge in [-0.3, -0.25) is 9.79 Å². The minimum Gasteiger partial charge on any atom is -0.457 e. The van der Waals surface area contributed by atoms with E-state index in [9.17, 15) is 9.18 Å². The number of nitrogens with one attached hydrogen (secondary N) is 1. The molecule has 33 heavy (non-hydrogen) atoms. The van der Waals surface area contributed by atoms with Crippen molar-refractivity contribution in [3.8, 4) is 11.5 Å². The molecule has 0 bridgehead atoms. The van der Waals surface area contributed by atoms with Crippen molar-refractivity contribution >= 4 is 11.6 Å². The van der Waals surface area contributed by atoms with E-state index >= 15 is 0 Å². The van der Waals surface area contributed by atoms with Gasteiger partial charge in [0.15, 0.2) is 0 Å². The van der Waals surface area contributed by atoms with Gasteiger partial charge in [-0.2, -0.15) is 0 Å². The first-order chi connectivity index (χ1) is 15.8. The van der Waals surface area contributed by atoms with Gasteiger partial charge in [-0.05, 0) is 86.5 Å². The molecule has 0 saturated carbocycles. The van der Waals surface area contributed by atoms with E-state index in [-0.39, 0.29) is 11.7 Å². The number of carbonyl (C=O) groups is 1. The van der Waals surface area contributed by atoms with E-state index in [1.165, 1.54) is 12.1 Å². The van der Waals surface area contributed by atoms with Crippen molar-refractivity contribution in [2.24, 2.45) is 4.99 Å². The first-order valence-corrected chi connectivity index (χ1v) is 10.9.